The van der Waals surface area contributed by atoms with Crippen LogP contribution in [-0.2, 0) is 16.1 Å². The van der Waals surface area contributed by atoms with Gasteiger partial charge in [0.2, 0.25) is 5.91 Å². The lowest BCUT2D eigenvalue weighted by atomic mass is 10.2. The number of benzene rings is 2. The second-order valence-corrected chi connectivity index (χ2v) is 8.58. The highest BCUT2D eigenvalue weighted by Gasteiger charge is 2.22. The zero-order chi connectivity index (χ0) is 22.5. The van der Waals surface area contributed by atoms with Gasteiger partial charge in [0.15, 0.2) is 11.0 Å². The topological polar surface area (TPSA) is 92.8 Å². The van der Waals surface area contributed by atoms with E-state index in [1.807, 2.05) is 10.6 Å². The minimum absolute atomic E-state index is 0.0306. The predicted molar refractivity (Wildman–Crippen MR) is 120 cm³/mol. The monoisotopic (exact) mass is 471 g/mol. The van der Waals surface area contributed by atoms with Gasteiger partial charge in [-0.1, -0.05) is 23.4 Å². The number of amides is 1. The van der Waals surface area contributed by atoms with E-state index in [1.54, 1.807) is 24.3 Å². The number of nitrogens with zero attached hydrogens (tertiary/aromatic N) is 4. The normalized spacial score (nSPS) is 15.5. The Morgan fingerprint density at radius 3 is 2.84 bits per heavy atom. The maximum Gasteiger partial charge on any atom is 0.234 e. The van der Waals surface area contributed by atoms with Gasteiger partial charge in [0.05, 0.1) is 29.7 Å². The number of carbonyl (C=O) groups excluding carboxylic acids is 1. The van der Waals surface area contributed by atoms with Crippen LogP contribution >= 0.6 is 23.4 Å². The summed E-state index contributed by atoms with van der Waals surface area (Å²) in [5.74, 6) is 0.0153. The third-order valence-electron chi connectivity index (χ3n) is 4.94. The van der Waals surface area contributed by atoms with Crippen molar-refractivity contribution in [3.8, 4) is 17.5 Å². The summed E-state index contributed by atoms with van der Waals surface area (Å²) < 4.78 is 21.0. The van der Waals surface area contributed by atoms with Crippen molar-refractivity contribution < 1.29 is 13.9 Å². The Hall–Kier alpha value is -2.93. The molecule has 2 heterocycles. The van der Waals surface area contributed by atoms with E-state index < -0.39 is 0 Å². The number of nitrogens with one attached hydrogen (secondary N) is 1. The number of hydrogen-bond donors (Lipinski definition) is 1. The number of ether oxygens (including phenoxy) is 1. The van der Waals surface area contributed by atoms with Gasteiger partial charge >= 0.3 is 0 Å². The van der Waals surface area contributed by atoms with Gasteiger partial charge in [-0.05, 0) is 55.3 Å². The number of halogens is 2. The van der Waals surface area contributed by atoms with Crippen molar-refractivity contribution in [1.82, 2.24) is 14.8 Å². The third-order valence-corrected chi connectivity index (χ3v) is 6.14. The molecule has 1 N–H and O–H groups in total. The van der Waals surface area contributed by atoms with E-state index in [-0.39, 0.29) is 23.6 Å². The number of nitriles is 1. The first kappa shape index (κ1) is 22.3. The summed E-state index contributed by atoms with van der Waals surface area (Å²) in [7, 11) is 0. The quantitative estimate of drug-likeness (QED) is 0.509. The molecule has 0 spiro atoms. The molecular weight excluding hydrogens is 453 g/mol. The largest absolute Gasteiger partial charge is 0.376 e. The summed E-state index contributed by atoms with van der Waals surface area (Å²) in [4.78, 5) is 12.5. The standard InChI is InChI=1S/C22H19ClFN5O2S/c23-16-6-3-15(11-25)19(10-16)26-20(30)13-32-22-28-27-21(14-4-7-17(24)8-5-14)29(22)12-18-2-1-9-31-18/h3-8,10,18H,1-2,9,12-13H2,(H,26,30). The van der Waals surface area contributed by atoms with Crippen LogP contribution in [0.2, 0.25) is 5.02 Å². The lowest BCUT2D eigenvalue weighted by Gasteiger charge is -2.15. The fourth-order valence-electron chi connectivity index (χ4n) is 3.40. The van der Waals surface area contributed by atoms with Gasteiger partial charge in [-0.2, -0.15) is 5.26 Å². The van der Waals surface area contributed by atoms with Crippen LogP contribution in [0, 0.1) is 17.1 Å². The number of anilines is 1. The van der Waals surface area contributed by atoms with Crippen molar-refractivity contribution in [3.05, 3.63) is 58.9 Å². The molecule has 1 atom stereocenters. The van der Waals surface area contributed by atoms with Crippen molar-refractivity contribution in [2.75, 3.05) is 17.7 Å². The molecule has 1 aliphatic rings. The van der Waals surface area contributed by atoms with E-state index in [0.29, 0.717) is 40.4 Å². The van der Waals surface area contributed by atoms with Gasteiger partial charge < -0.3 is 10.1 Å². The first-order valence-electron chi connectivity index (χ1n) is 9.96. The van der Waals surface area contributed by atoms with Crippen molar-refractivity contribution in [3.63, 3.8) is 0 Å². The fourth-order valence-corrected chi connectivity index (χ4v) is 4.32. The Labute approximate surface area is 193 Å². The average molecular weight is 472 g/mol. The summed E-state index contributed by atoms with van der Waals surface area (Å²) in [6.45, 7) is 1.25. The lowest BCUT2D eigenvalue weighted by molar-refractivity contribution is -0.113. The van der Waals surface area contributed by atoms with Crippen LogP contribution in [0.25, 0.3) is 11.4 Å². The maximum atomic E-state index is 13.4. The van der Waals surface area contributed by atoms with E-state index in [9.17, 15) is 14.4 Å². The van der Waals surface area contributed by atoms with Crippen LogP contribution in [0.5, 0.6) is 0 Å². The smallest absolute Gasteiger partial charge is 0.234 e. The molecular formula is C22H19ClFN5O2S. The minimum Gasteiger partial charge on any atom is -0.376 e. The molecule has 0 radical (unpaired) electrons. The molecule has 3 aromatic rings. The molecule has 1 unspecified atom stereocenters. The van der Waals surface area contributed by atoms with Gasteiger partial charge in [0, 0.05) is 17.2 Å². The Morgan fingerprint density at radius 2 is 2.12 bits per heavy atom. The molecule has 0 bridgehead atoms. The summed E-state index contributed by atoms with van der Waals surface area (Å²) >= 11 is 7.21. The molecule has 32 heavy (non-hydrogen) atoms. The van der Waals surface area contributed by atoms with E-state index in [2.05, 4.69) is 15.5 Å². The molecule has 10 heteroatoms. The molecule has 2 aromatic carbocycles. The van der Waals surface area contributed by atoms with Crippen LogP contribution in [0.1, 0.15) is 18.4 Å². The molecule has 7 nitrogen and oxygen atoms in total. The minimum atomic E-state index is -0.331. The highest BCUT2D eigenvalue weighted by molar-refractivity contribution is 7.99. The maximum absolute atomic E-state index is 13.4. The summed E-state index contributed by atoms with van der Waals surface area (Å²) in [5, 5.41) is 21.5. The van der Waals surface area contributed by atoms with Crippen molar-refractivity contribution in [2.45, 2.75) is 30.6 Å². The van der Waals surface area contributed by atoms with Crippen LogP contribution in [0.3, 0.4) is 0 Å². The molecule has 1 aliphatic heterocycles. The van der Waals surface area contributed by atoms with E-state index in [4.69, 9.17) is 16.3 Å². The van der Waals surface area contributed by atoms with E-state index >= 15 is 0 Å². The van der Waals surface area contributed by atoms with E-state index in [1.165, 1.54) is 30.0 Å². The SMILES string of the molecule is N#Cc1ccc(Cl)cc1NC(=O)CSc1nnc(-c2ccc(F)cc2)n1CC1CCCO1. The number of hydrogen-bond acceptors (Lipinski definition) is 6. The molecule has 1 aromatic heterocycles. The molecule has 164 valence electrons. The molecule has 0 aliphatic carbocycles. The zero-order valence-corrected chi connectivity index (χ0v) is 18.5. The van der Waals surface area contributed by atoms with Crippen LogP contribution in [-0.4, -0.2) is 39.1 Å². The van der Waals surface area contributed by atoms with Crippen LogP contribution in [0.4, 0.5) is 10.1 Å². The molecule has 0 saturated carbocycles. The Bertz CT molecular complexity index is 1160. The van der Waals surface area contributed by atoms with Crippen LogP contribution in [0.15, 0.2) is 47.6 Å². The number of rotatable bonds is 7. The Balaban J connectivity index is 1.51. The Kier molecular flexibility index (Phi) is 7.05. The molecule has 1 saturated heterocycles. The highest BCUT2D eigenvalue weighted by Crippen LogP contribution is 2.27. The van der Waals surface area contributed by atoms with Crippen molar-refractivity contribution >= 4 is 35.0 Å². The molecule has 1 amide bonds. The Morgan fingerprint density at radius 1 is 1.31 bits per heavy atom. The second-order valence-electron chi connectivity index (χ2n) is 7.20. The number of aromatic nitrogens is 3. The lowest BCUT2D eigenvalue weighted by Crippen LogP contribution is -2.18. The summed E-state index contributed by atoms with van der Waals surface area (Å²) in [6, 6.07) is 12.8. The predicted octanol–water partition coefficient (Wildman–Crippen LogP) is 4.52. The van der Waals surface area contributed by atoms with Gasteiger partial charge in [-0.25, -0.2) is 4.39 Å². The number of carbonyl (C=O) groups is 1. The first-order valence-corrected chi connectivity index (χ1v) is 11.3. The third kappa shape index (κ3) is 5.27. The number of thioether (sulfide) groups is 1. The van der Waals surface area contributed by atoms with Gasteiger partial charge in [0.1, 0.15) is 11.9 Å². The highest BCUT2D eigenvalue weighted by atomic mass is 35.5. The van der Waals surface area contributed by atoms with Crippen molar-refractivity contribution in [2.24, 2.45) is 0 Å². The second kappa shape index (κ2) is 10.1. The van der Waals surface area contributed by atoms with Crippen molar-refractivity contribution in [1.29, 1.82) is 5.26 Å². The van der Waals surface area contributed by atoms with Gasteiger partial charge in [0.25, 0.3) is 0 Å². The fraction of sp³-hybridized carbons (Fsp3) is 0.273. The van der Waals surface area contributed by atoms with E-state index in [0.717, 1.165) is 18.4 Å². The van der Waals surface area contributed by atoms with Gasteiger partial charge in [-0.3, -0.25) is 9.36 Å². The van der Waals surface area contributed by atoms with Crippen LogP contribution < -0.4 is 5.32 Å². The molecule has 4 rings (SSSR count). The zero-order valence-electron chi connectivity index (χ0n) is 16.9. The van der Waals surface area contributed by atoms with Gasteiger partial charge in [-0.15, -0.1) is 10.2 Å². The first-order chi connectivity index (χ1) is 15.5. The summed E-state index contributed by atoms with van der Waals surface area (Å²) in [6.07, 6.45) is 1.95. The summed E-state index contributed by atoms with van der Waals surface area (Å²) in [5.41, 5.74) is 1.41. The molecule has 1 fully saturated rings. The average Bonchev–Trinajstić information content (AvgIpc) is 3.44.